The topological polar surface area (TPSA) is 18.5 Å². The second-order valence-corrected chi connectivity index (χ2v) is 5.08. The van der Waals surface area contributed by atoms with Crippen LogP contribution in [0.3, 0.4) is 0 Å². The van der Waals surface area contributed by atoms with Crippen LogP contribution in [0.2, 0.25) is 0 Å². The Kier molecular flexibility index (Phi) is 2.72. The summed E-state index contributed by atoms with van der Waals surface area (Å²) in [5, 5.41) is 0. The summed E-state index contributed by atoms with van der Waals surface area (Å²) in [5.41, 5.74) is 4.02. The fourth-order valence-corrected chi connectivity index (χ4v) is 2.95. The molecule has 1 aliphatic heterocycles. The van der Waals surface area contributed by atoms with Gasteiger partial charge in [0, 0.05) is 11.5 Å². The molecule has 1 aliphatic carbocycles. The van der Waals surface area contributed by atoms with Crippen molar-refractivity contribution in [1.82, 2.24) is 0 Å². The largest absolute Gasteiger partial charge is 0.343 e. The summed E-state index contributed by atoms with van der Waals surface area (Å²) < 4.78 is 12.0. The fraction of sp³-hybridized carbons (Fsp3) is 0.600. The monoisotopic (exact) mass is 232 g/mol. The zero-order valence-corrected chi connectivity index (χ0v) is 10.7. The number of rotatable bonds is 3. The van der Waals surface area contributed by atoms with Crippen molar-refractivity contribution in [2.24, 2.45) is 5.92 Å². The van der Waals surface area contributed by atoms with E-state index >= 15 is 0 Å². The zero-order valence-electron chi connectivity index (χ0n) is 10.7. The first-order valence-electron chi connectivity index (χ1n) is 6.65. The second kappa shape index (κ2) is 4.11. The Balaban J connectivity index is 2.07. The number of hydrogen-bond acceptors (Lipinski definition) is 2. The smallest absolute Gasteiger partial charge is 0.198 e. The lowest BCUT2D eigenvalue weighted by atomic mass is 9.92. The van der Waals surface area contributed by atoms with Gasteiger partial charge in [-0.15, -0.1) is 0 Å². The van der Waals surface area contributed by atoms with Gasteiger partial charge in [0.25, 0.3) is 0 Å². The molecule has 1 aromatic carbocycles. The molecular weight excluding hydrogens is 212 g/mol. The Morgan fingerprint density at radius 2 is 1.94 bits per heavy atom. The number of ether oxygens (including phenoxy) is 2. The van der Waals surface area contributed by atoms with Gasteiger partial charge in [-0.1, -0.05) is 25.1 Å². The highest BCUT2D eigenvalue weighted by Crippen LogP contribution is 2.51. The Hall–Kier alpha value is -0.860. The van der Waals surface area contributed by atoms with Crippen LogP contribution in [-0.4, -0.2) is 13.2 Å². The van der Waals surface area contributed by atoms with Crippen molar-refractivity contribution in [1.29, 1.82) is 0 Å². The summed E-state index contributed by atoms with van der Waals surface area (Å²) in [6, 6.07) is 6.52. The fourth-order valence-electron chi connectivity index (χ4n) is 2.95. The van der Waals surface area contributed by atoms with E-state index in [1.165, 1.54) is 29.5 Å². The average molecular weight is 232 g/mol. The van der Waals surface area contributed by atoms with Gasteiger partial charge in [0.2, 0.25) is 0 Å². The number of aryl methyl sites for hydroxylation is 1. The lowest BCUT2D eigenvalue weighted by Crippen LogP contribution is -2.31. The quantitative estimate of drug-likeness (QED) is 0.797. The van der Waals surface area contributed by atoms with Gasteiger partial charge in [0.15, 0.2) is 5.79 Å². The predicted octanol–water partition coefficient (Wildman–Crippen LogP) is 3.17. The van der Waals surface area contributed by atoms with E-state index in [0.717, 1.165) is 19.6 Å². The summed E-state index contributed by atoms with van der Waals surface area (Å²) in [4.78, 5) is 0. The molecular formula is C15H20O2. The van der Waals surface area contributed by atoms with Gasteiger partial charge in [-0.2, -0.15) is 0 Å². The van der Waals surface area contributed by atoms with Crippen molar-refractivity contribution in [3.8, 4) is 0 Å². The minimum atomic E-state index is -0.421. The summed E-state index contributed by atoms with van der Waals surface area (Å²) >= 11 is 0. The summed E-state index contributed by atoms with van der Waals surface area (Å²) in [6.45, 7) is 5.86. The molecule has 0 spiro atoms. The van der Waals surface area contributed by atoms with E-state index in [1.54, 1.807) is 0 Å². The van der Waals surface area contributed by atoms with Crippen molar-refractivity contribution < 1.29 is 9.47 Å². The Labute approximate surface area is 103 Å². The second-order valence-electron chi connectivity index (χ2n) is 5.08. The van der Waals surface area contributed by atoms with Gasteiger partial charge in [0.1, 0.15) is 0 Å². The molecule has 2 aliphatic rings. The average Bonchev–Trinajstić information content (AvgIpc) is 3.10. The maximum atomic E-state index is 6.01. The first-order valence-corrected chi connectivity index (χ1v) is 6.65. The van der Waals surface area contributed by atoms with E-state index in [9.17, 15) is 0 Å². The summed E-state index contributed by atoms with van der Waals surface area (Å²) in [5.74, 6) is 0.144. The van der Waals surface area contributed by atoms with Gasteiger partial charge in [0.05, 0.1) is 13.2 Å². The highest BCUT2D eigenvalue weighted by Gasteiger charge is 2.52. The van der Waals surface area contributed by atoms with Gasteiger partial charge in [-0.3, -0.25) is 0 Å². The molecule has 2 nitrogen and oxygen atoms in total. The molecule has 0 N–H and O–H groups in total. The van der Waals surface area contributed by atoms with Crippen LogP contribution >= 0.6 is 0 Å². The minimum Gasteiger partial charge on any atom is -0.343 e. The third-order valence-corrected chi connectivity index (χ3v) is 4.03. The van der Waals surface area contributed by atoms with Gasteiger partial charge in [-0.05, 0) is 37.3 Å². The van der Waals surface area contributed by atoms with Crippen molar-refractivity contribution in [2.75, 3.05) is 13.2 Å². The Morgan fingerprint density at radius 1 is 1.24 bits per heavy atom. The van der Waals surface area contributed by atoms with Crippen molar-refractivity contribution in [3.63, 3.8) is 0 Å². The van der Waals surface area contributed by atoms with Crippen LogP contribution in [-0.2, 0) is 21.7 Å². The molecule has 0 unspecified atom stereocenters. The lowest BCUT2D eigenvalue weighted by Gasteiger charge is -2.30. The van der Waals surface area contributed by atoms with E-state index in [4.69, 9.17) is 9.47 Å². The molecule has 0 amide bonds. The molecule has 2 heteroatoms. The first kappa shape index (κ1) is 11.2. The van der Waals surface area contributed by atoms with E-state index in [-0.39, 0.29) is 0 Å². The van der Waals surface area contributed by atoms with Crippen molar-refractivity contribution >= 4 is 0 Å². The summed E-state index contributed by atoms with van der Waals surface area (Å²) in [6.07, 6.45) is 3.53. The highest BCUT2D eigenvalue weighted by atomic mass is 16.7. The molecule has 1 saturated heterocycles. The highest BCUT2D eigenvalue weighted by molar-refractivity contribution is 5.38. The molecule has 0 radical (unpaired) electrons. The van der Waals surface area contributed by atoms with Crippen LogP contribution < -0.4 is 0 Å². The van der Waals surface area contributed by atoms with Crippen molar-refractivity contribution in [2.45, 2.75) is 38.9 Å². The van der Waals surface area contributed by atoms with Gasteiger partial charge < -0.3 is 9.47 Å². The first-order chi connectivity index (χ1) is 8.28. The van der Waals surface area contributed by atoms with Crippen LogP contribution in [0.15, 0.2) is 18.2 Å². The van der Waals surface area contributed by atoms with E-state index in [2.05, 4.69) is 32.0 Å². The summed E-state index contributed by atoms with van der Waals surface area (Å²) in [7, 11) is 0. The standard InChI is InChI=1S/C15H20O2/c1-3-12-5-4-6-14(11(12)2)15(13-7-8-13)16-9-10-17-15/h4-6,13H,3,7-10H2,1-2H3. The third kappa shape index (κ3) is 1.71. The van der Waals surface area contributed by atoms with Crippen LogP contribution in [0.25, 0.3) is 0 Å². The lowest BCUT2D eigenvalue weighted by molar-refractivity contribution is -0.182. The molecule has 0 aromatic heterocycles. The Morgan fingerprint density at radius 3 is 2.53 bits per heavy atom. The molecule has 92 valence electrons. The zero-order chi connectivity index (χ0) is 11.9. The SMILES string of the molecule is CCc1cccc(C2(C3CC3)OCCO2)c1C. The van der Waals surface area contributed by atoms with Crippen LogP contribution in [0.4, 0.5) is 0 Å². The molecule has 1 aromatic rings. The van der Waals surface area contributed by atoms with Gasteiger partial charge >= 0.3 is 0 Å². The van der Waals surface area contributed by atoms with Crippen LogP contribution in [0.1, 0.15) is 36.5 Å². The molecule has 0 bridgehead atoms. The molecule has 17 heavy (non-hydrogen) atoms. The van der Waals surface area contributed by atoms with E-state index in [0.29, 0.717) is 5.92 Å². The minimum absolute atomic E-state index is 0.421. The normalized spacial score (nSPS) is 22.9. The molecule has 1 heterocycles. The predicted molar refractivity (Wildman–Crippen MR) is 66.9 cm³/mol. The molecule has 0 atom stereocenters. The number of benzene rings is 1. The third-order valence-electron chi connectivity index (χ3n) is 4.03. The van der Waals surface area contributed by atoms with E-state index < -0.39 is 5.79 Å². The van der Waals surface area contributed by atoms with Crippen molar-refractivity contribution in [3.05, 3.63) is 34.9 Å². The maximum Gasteiger partial charge on any atom is 0.198 e. The van der Waals surface area contributed by atoms with Crippen LogP contribution in [0.5, 0.6) is 0 Å². The molecule has 1 saturated carbocycles. The molecule has 2 fully saturated rings. The van der Waals surface area contributed by atoms with Crippen LogP contribution in [0, 0.1) is 12.8 Å². The number of hydrogen-bond donors (Lipinski definition) is 0. The van der Waals surface area contributed by atoms with E-state index in [1.807, 2.05) is 0 Å². The molecule has 3 rings (SSSR count). The maximum absolute atomic E-state index is 6.01. The Bertz CT molecular complexity index is 415. The van der Waals surface area contributed by atoms with Gasteiger partial charge in [-0.25, -0.2) is 0 Å².